The maximum absolute atomic E-state index is 13.5. The van der Waals surface area contributed by atoms with Gasteiger partial charge in [0.1, 0.15) is 16.5 Å². The smallest absolute Gasteiger partial charge is 0.223 e. The lowest BCUT2D eigenvalue weighted by Gasteiger charge is -2.19. The van der Waals surface area contributed by atoms with Gasteiger partial charge in [0, 0.05) is 12.2 Å². The molecule has 4 nitrogen and oxygen atoms in total. The first kappa shape index (κ1) is 11.6. The van der Waals surface area contributed by atoms with Crippen LogP contribution >= 0.6 is 11.3 Å². The van der Waals surface area contributed by atoms with Gasteiger partial charge in [0.05, 0.1) is 5.39 Å². The number of benzene rings is 1. The Kier molecular flexibility index (Phi) is 2.40. The van der Waals surface area contributed by atoms with E-state index in [0.29, 0.717) is 0 Å². The lowest BCUT2D eigenvalue weighted by Crippen LogP contribution is -2.16. The van der Waals surface area contributed by atoms with Gasteiger partial charge in [-0.25, -0.2) is 9.37 Å². The quantitative estimate of drug-likeness (QED) is 0.747. The van der Waals surface area contributed by atoms with E-state index >= 15 is 0 Å². The molecule has 3 aromatic rings. The monoisotopic (exact) mass is 286 g/mol. The Morgan fingerprint density at radius 3 is 3.05 bits per heavy atom. The summed E-state index contributed by atoms with van der Waals surface area (Å²) in [5.74, 6) is 0.775. The first-order valence-corrected chi connectivity index (χ1v) is 7.17. The number of aromatic nitrogens is 2. The molecule has 2 N–H and O–H groups in total. The van der Waals surface area contributed by atoms with Crippen molar-refractivity contribution in [3.63, 3.8) is 0 Å². The van der Waals surface area contributed by atoms with Crippen LogP contribution in [0.25, 0.3) is 10.2 Å². The molecule has 0 saturated heterocycles. The van der Waals surface area contributed by atoms with E-state index in [9.17, 15) is 4.39 Å². The molecule has 0 saturated carbocycles. The number of rotatable bonds is 1. The third kappa shape index (κ3) is 1.65. The van der Waals surface area contributed by atoms with Gasteiger partial charge in [-0.05, 0) is 35.6 Å². The maximum atomic E-state index is 13.5. The molecule has 20 heavy (non-hydrogen) atoms. The molecule has 0 atom stereocenters. The zero-order chi connectivity index (χ0) is 13.7. The Bertz CT molecular complexity index is 814. The second-order valence-corrected chi connectivity index (χ2v) is 5.61. The Morgan fingerprint density at radius 1 is 1.25 bits per heavy atom. The van der Waals surface area contributed by atoms with Crippen LogP contribution in [-0.4, -0.2) is 16.5 Å². The molecule has 3 heterocycles. The van der Waals surface area contributed by atoms with E-state index in [4.69, 9.17) is 5.73 Å². The van der Waals surface area contributed by atoms with Crippen LogP contribution < -0.4 is 10.6 Å². The number of hydrogen-bond acceptors (Lipinski definition) is 5. The largest absolute Gasteiger partial charge is 0.368 e. The first-order chi connectivity index (χ1) is 9.72. The van der Waals surface area contributed by atoms with Gasteiger partial charge in [-0.15, -0.1) is 11.3 Å². The summed E-state index contributed by atoms with van der Waals surface area (Å²) in [6.45, 7) is 0.778. The van der Waals surface area contributed by atoms with Crippen LogP contribution in [0.4, 0.5) is 21.8 Å². The number of fused-ring (bicyclic) bond motifs is 2. The highest BCUT2D eigenvalue weighted by Crippen LogP contribution is 2.38. The van der Waals surface area contributed by atoms with E-state index in [2.05, 4.69) is 9.97 Å². The normalized spacial score (nSPS) is 13.9. The SMILES string of the molecule is Nc1nc(N2CCc3ccc(F)cc32)c2ccsc2n1. The fraction of sp³-hybridized carbons (Fsp3) is 0.143. The minimum Gasteiger partial charge on any atom is -0.368 e. The number of nitrogen functional groups attached to an aromatic ring is 1. The van der Waals surface area contributed by atoms with Crippen molar-refractivity contribution < 1.29 is 4.39 Å². The molecule has 1 aliphatic rings. The number of nitrogens with two attached hydrogens (primary N) is 1. The Hall–Kier alpha value is -2.21. The molecule has 0 radical (unpaired) electrons. The Morgan fingerprint density at radius 2 is 2.15 bits per heavy atom. The Balaban J connectivity index is 1.94. The van der Waals surface area contributed by atoms with Crippen molar-refractivity contribution in [2.45, 2.75) is 6.42 Å². The molecular weight excluding hydrogens is 275 g/mol. The summed E-state index contributed by atoms with van der Waals surface area (Å²) in [7, 11) is 0. The van der Waals surface area contributed by atoms with Crippen molar-refractivity contribution in [1.82, 2.24) is 9.97 Å². The molecule has 0 spiro atoms. The lowest BCUT2D eigenvalue weighted by molar-refractivity contribution is 0.628. The van der Waals surface area contributed by atoms with Crippen LogP contribution in [0.1, 0.15) is 5.56 Å². The molecule has 1 aromatic carbocycles. The highest BCUT2D eigenvalue weighted by molar-refractivity contribution is 7.16. The molecule has 0 fully saturated rings. The molecule has 100 valence electrons. The zero-order valence-corrected chi connectivity index (χ0v) is 11.3. The highest BCUT2D eigenvalue weighted by atomic mass is 32.1. The molecule has 4 rings (SSSR count). The maximum Gasteiger partial charge on any atom is 0.223 e. The predicted molar refractivity (Wildman–Crippen MR) is 78.9 cm³/mol. The fourth-order valence-corrected chi connectivity index (χ4v) is 3.40. The lowest BCUT2D eigenvalue weighted by atomic mass is 10.2. The molecule has 0 bridgehead atoms. The second-order valence-electron chi connectivity index (χ2n) is 4.72. The highest BCUT2D eigenvalue weighted by Gasteiger charge is 2.24. The van der Waals surface area contributed by atoms with Crippen molar-refractivity contribution in [1.29, 1.82) is 0 Å². The summed E-state index contributed by atoms with van der Waals surface area (Å²) >= 11 is 1.53. The van der Waals surface area contributed by atoms with Crippen molar-refractivity contribution in [2.24, 2.45) is 0 Å². The summed E-state index contributed by atoms with van der Waals surface area (Å²) < 4.78 is 13.5. The third-order valence-electron chi connectivity index (χ3n) is 3.52. The van der Waals surface area contributed by atoms with Crippen molar-refractivity contribution in [3.8, 4) is 0 Å². The van der Waals surface area contributed by atoms with Gasteiger partial charge in [-0.3, -0.25) is 0 Å². The zero-order valence-electron chi connectivity index (χ0n) is 10.5. The minimum atomic E-state index is -0.237. The Labute approximate surface area is 118 Å². The van der Waals surface area contributed by atoms with Gasteiger partial charge < -0.3 is 10.6 Å². The van der Waals surface area contributed by atoms with Crippen molar-refractivity contribution >= 4 is 39.0 Å². The molecule has 0 unspecified atom stereocenters. The molecule has 6 heteroatoms. The summed E-state index contributed by atoms with van der Waals surface area (Å²) in [5.41, 5.74) is 7.79. The molecule has 2 aromatic heterocycles. The van der Waals surface area contributed by atoms with Gasteiger partial charge in [-0.2, -0.15) is 4.98 Å². The number of halogens is 1. The molecule has 0 aliphatic carbocycles. The second kappa shape index (κ2) is 4.14. The summed E-state index contributed by atoms with van der Waals surface area (Å²) in [4.78, 5) is 11.5. The van der Waals surface area contributed by atoms with Crippen LogP contribution in [0.5, 0.6) is 0 Å². The number of nitrogens with zero attached hydrogens (tertiary/aromatic N) is 3. The van der Waals surface area contributed by atoms with Gasteiger partial charge >= 0.3 is 0 Å². The summed E-state index contributed by atoms with van der Waals surface area (Å²) in [6, 6.07) is 6.86. The van der Waals surface area contributed by atoms with Crippen LogP contribution in [0.15, 0.2) is 29.6 Å². The fourth-order valence-electron chi connectivity index (χ4n) is 2.63. The average Bonchev–Trinajstić information content (AvgIpc) is 3.03. The number of hydrogen-bond donors (Lipinski definition) is 1. The van der Waals surface area contributed by atoms with Gasteiger partial charge in [0.25, 0.3) is 0 Å². The van der Waals surface area contributed by atoms with E-state index in [1.807, 2.05) is 22.4 Å². The van der Waals surface area contributed by atoms with Crippen molar-refractivity contribution in [3.05, 3.63) is 41.0 Å². The van der Waals surface area contributed by atoms with E-state index in [-0.39, 0.29) is 11.8 Å². The van der Waals surface area contributed by atoms with Crippen molar-refractivity contribution in [2.75, 3.05) is 17.2 Å². The number of anilines is 3. The van der Waals surface area contributed by atoms with Crippen LogP contribution in [0.3, 0.4) is 0 Å². The van der Waals surface area contributed by atoms with Gasteiger partial charge in [-0.1, -0.05) is 6.07 Å². The third-order valence-corrected chi connectivity index (χ3v) is 4.33. The van der Waals surface area contributed by atoms with E-state index in [1.165, 1.54) is 17.4 Å². The first-order valence-electron chi connectivity index (χ1n) is 6.29. The summed E-state index contributed by atoms with van der Waals surface area (Å²) in [6.07, 6.45) is 0.880. The van der Waals surface area contributed by atoms with E-state index in [1.54, 1.807) is 6.07 Å². The van der Waals surface area contributed by atoms with Gasteiger partial charge in [0.15, 0.2) is 0 Å². The molecular formula is C14H11FN4S. The molecule has 1 aliphatic heterocycles. The van der Waals surface area contributed by atoms with Crippen LogP contribution in [-0.2, 0) is 6.42 Å². The van der Waals surface area contributed by atoms with E-state index in [0.717, 1.165) is 40.3 Å². The number of thiophene rings is 1. The summed E-state index contributed by atoms with van der Waals surface area (Å²) in [5, 5.41) is 2.92. The topological polar surface area (TPSA) is 55.0 Å². The van der Waals surface area contributed by atoms with Crippen LogP contribution in [0, 0.1) is 5.82 Å². The minimum absolute atomic E-state index is 0.237. The van der Waals surface area contributed by atoms with E-state index < -0.39 is 0 Å². The van der Waals surface area contributed by atoms with Gasteiger partial charge in [0.2, 0.25) is 5.95 Å². The standard InChI is InChI=1S/C14H11FN4S/c15-9-2-1-8-3-5-19(11(8)7-9)12-10-4-6-20-13(10)18-14(16)17-12/h1-2,4,6-7H,3,5H2,(H2,16,17,18). The predicted octanol–water partition coefficient (Wildman–Crippen LogP) is 3.11. The van der Waals surface area contributed by atoms with Crippen LogP contribution in [0.2, 0.25) is 0 Å². The average molecular weight is 286 g/mol. The molecule has 0 amide bonds.